The van der Waals surface area contributed by atoms with Gasteiger partial charge in [0.25, 0.3) is 12.0 Å². The third-order valence-electron chi connectivity index (χ3n) is 1.12. The molecule has 4 nitrogen and oxygen atoms in total. The first kappa shape index (κ1) is 6.95. The molecular formula is C5H5ClN4. The molecule has 0 fully saturated rings. The molecule has 1 N–H and O–H groups in total. The van der Waals surface area contributed by atoms with E-state index in [4.69, 9.17) is 0 Å². The number of fused-ring (bicyclic) bond motifs is 1. The molecule has 5 heteroatoms. The van der Waals surface area contributed by atoms with Gasteiger partial charge in [0.1, 0.15) is 0 Å². The van der Waals surface area contributed by atoms with E-state index in [2.05, 4.69) is 15.3 Å². The maximum absolute atomic E-state index is 3.96. The molecule has 0 radical (unpaired) electrons. The zero-order chi connectivity index (χ0) is 6.10. The van der Waals surface area contributed by atoms with Crippen molar-refractivity contribution < 1.29 is 16.9 Å². The molecule has 2 aromatic heterocycles. The highest BCUT2D eigenvalue weighted by atomic mass is 35.5. The highest BCUT2D eigenvalue weighted by molar-refractivity contribution is 5.23. The number of nitrogens with one attached hydrogen (secondary N) is 1. The van der Waals surface area contributed by atoms with E-state index in [1.165, 1.54) is 0 Å². The smallest absolute Gasteiger partial charge is 0.289 e. The molecular weight excluding hydrogens is 152 g/mol. The van der Waals surface area contributed by atoms with Gasteiger partial charge in [0.15, 0.2) is 0 Å². The molecule has 0 saturated carbocycles. The molecule has 10 heavy (non-hydrogen) atoms. The van der Waals surface area contributed by atoms with E-state index in [0.29, 0.717) is 0 Å². The Morgan fingerprint density at radius 1 is 1.50 bits per heavy atom. The summed E-state index contributed by atoms with van der Waals surface area (Å²) in [5, 5.41) is 10.5. The quantitative estimate of drug-likeness (QED) is 0.404. The summed E-state index contributed by atoms with van der Waals surface area (Å²) in [7, 11) is 0. The Kier molecular flexibility index (Phi) is 1.82. The van der Waals surface area contributed by atoms with Crippen LogP contribution in [-0.4, -0.2) is 15.3 Å². The van der Waals surface area contributed by atoms with Crippen molar-refractivity contribution in [2.75, 3.05) is 0 Å². The SMILES string of the molecule is [Cl-].c1cn[n+]2cn[nH]c2c1. The van der Waals surface area contributed by atoms with Crippen LogP contribution in [0, 0.1) is 0 Å². The minimum Gasteiger partial charge on any atom is -1.00 e. The number of aromatic amines is 1. The summed E-state index contributed by atoms with van der Waals surface area (Å²) in [5.74, 6) is 0. The number of hydrogen-bond acceptors (Lipinski definition) is 2. The van der Waals surface area contributed by atoms with Crippen molar-refractivity contribution in [1.82, 2.24) is 15.3 Å². The number of nitrogens with zero attached hydrogens (tertiary/aromatic N) is 3. The largest absolute Gasteiger partial charge is 1.00 e. The second-order valence-electron chi connectivity index (χ2n) is 1.71. The van der Waals surface area contributed by atoms with Gasteiger partial charge in [0.05, 0.1) is 6.20 Å². The topological polar surface area (TPSA) is 45.7 Å². The molecule has 2 aromatic rings. The number of rotatable bonds is 0. The first-order valence-corrected chi connectivity index (χ1v) is 2.63. The molecule has 0 aliphatic rings. The van der Waals surface area contributed by atoms with E-state index in [9.17, 15) is 0 Å². The van der Waals surface area contributed by atoms with Crippen LogP contribution in [0.2, 0.25) is 0 Å². The Bertz CT molecular complexity index is 288. The van der Waals surface area contributed by atoms with Crippen LogP contribution < -0.4 is 16.9 Å². The van der Waals surface area contributed by atoms with Crippen LogP contribution in [0.5, 0.6) is 0 Å². The van der Waals surface area contributed by atoms with Gasteiger partial charge in [-0.1, -0.05) is 0 Å². The lowest BCUT2D eigenvalue weighted by molar-refractivity contribution is -0.580. The van der Waals surface area contributed by atoms with Gasteiger partial charge in [0, 0.05) is 11.2 Å². The lowest BCUT2D eigenvalue weighted by Gasteiger charge is -1.76. The van der Waals surface area contributed by atoms with E-state index < -0.39 is 0 Å². The summed E-state index contributed by atoms with van der Waals surface area (Å²) in [6.07, 6.45) is 3.33. The minimum atomic E-state index is 0. The van der Waals surface area contributed by atoms with E-state index in [0.717, 1.165) is 5.65 Å². The van der Waals surface area contributed by atoms with Crippen LogP contribution in [0.1, 0.15) is 0 Å². The maximum atomic E-state index is 3.96. The van der Waals surface area contributed by atoms with Gasteiger partial charge in [-0.3, -0.25) is 0 Å². The molecule has 0 aliphatic heterocycles. The van der Waals surface area contributed by atoms with Crippen molar-refractivity contribution in [1.29, 1.82) is 0 Å². The predicted octanol–water partition coefficient (Wildman–Crippen LogP) is -3.45. The summed E-state index contributed by atoms with van der Waals surface area (Å²) in [5.41, 5.74) is 0.900. The van der Waals surface area contributed by atoms with E-state index in [1.54, 1.807) is 17.0 Å². The minimum absolute atomic E-state index is 0. The fourth-order valence-electron chi connectivity index (χ4n) is 0.713. The Balaban J connectivity index is 0.000000500. The standard InChI is InChI=1S/C5H4N4.ClH/c1-2-5-8-6-4-9(5)7-3-1;/h1-4H;1H. The molecule has 0 unspecified atom stereocenters. The van der Waals surface area contributed by atoms with Crippen molar-refractivity contribution in [3.8, 4) is 0 Å². The zero-order valence-electron chi connectivity index (χ0n) is 5.03. The van der Waals surface area contributed by atoms with Gasteiger partial charge >= 0.3 is 0 Å². The molecule has 0 aromatic carbocycles. The van der Waals surface area contributed by atoms with Gasteiger partial charge in [-0.15, -0.1) is 14.7 Å². The van der Waals surface area contributed by atoms with E-state index in [1.807, 2.05) is 12.1 Å². The van der Waals surface area contributed by atoms with Crippen LogP contribution in [0.3, 0.4) is 0 Å². The first-order chi connectivity index (χ1) is 4.47. The number of H-pyrrole nitrogens is 1. The predicted molar refractivity (Wildman–Crippen MR) is 29.5 cm³/mol. The van der Waals surface area contributed by atoms with Crippen molar-refractivity contribution >= 4 is 5.65 Å². The lowest BCUT2D eigenvalue weighted by Crippen LogP contribution is -3.00. The summed E-state index contributed by atoms with van der Waals surface area (Å²) in [6, 6.07) is 3.76. The van der Waals surface area contributed by atoms with Crippen LogP contribution in [0.4, 0.5) is 0 Å². The van der Waals surface area contributed by atoms with Gasteiger partial charge in [-0.05, 0) is 6.07 Å². The molecule has 0 saturated heterocycles. The average molecular weight is 157 g/mol. The molecule has 0 amide bonds. The highest BCUT2D eigenvalue weighted by Crippen LogP contribution is 1.82. The van der Waals surface area contributed by atoms with Crippen molar-refractivity contribution in [3.05, 3.63) is 24.7 Å². The molecule has 0 aliphatic carbocycles. The summed E-state index contributed by atoms with van der Waals surface area (Å²) >= 11 is 0. The van der Waals surface area contributed by atoms with Crippen LogP contribution >= 0.6 is 0 Å². The first-order valence-electron chi connectivity index (χ1n) is 2.63. The van der Waals surface area contributed by atoms with E-state index in [-0.39, 0.29) is 12.4 Å². The second kappa shape index (κ2) is 2.62. The molecule has 2 rings (SSSR count). The Morgan fingerprint density at radius 3 is 3.20 bits per heavy atom. The molecule has 0 bridgehead atoms. The normalized spacial score (nSPS) is 9.20. The van der Waals surface area contributed by atoms with E-state index >= 15 is 0 Å². The van der Waals surface area contributed by atoms with Gasteiger partial charge < -0.3 is 12.4 Å². The highest BCUT2D eigenvalue weighted by Gasteiger charge is 1.97. The van der Waals surface area contributed by atoms with Crippen LogP contribution in [0.25, 0.3) is 5.65 Å². The Hall–Kier alpha value is -1.16. The van der Waals surface area contributed by atoms with Crippen LogP contribution in [0.15, 0.2) is 24.7 Å². The molecule has 52 valence electrons. The van der Waals surface area contributed by atoms with Gasteiger partial charge in [-0.2, -0.15) is 0 Å². The Labute approximate surface area is 63.3 Å². The maximum Gasteiger partial charge on any atom is 0.289 e. The second-order valence-corrected chi connectivity index (χ2v) is 1.71. The van der Waals surface area contributed by atoms with Crippen molar-refractivity contribution in [3.63, 3.8) is 0 Å². The monoisotopic (exact) mass is 156 g/mol. The summed E-state index contributed by atoms with van der Waals surface area (Å²) in [6.45, 7) is 0. The zero-order valence-corrected chi connectivity index (χ0v) is 5.78. The lowest BCUT2D eigenvalue weighted by atomic mass is 10.6. The summed E-state index contributed by atoms with van der Waals surface area (Å²) < 4.78 is 1.67. The fourth-order valence-corrected chi connectivity index (χ4v) is 0.713. The van der Waals surface area contributed by atoms with Crippen molar-refractivity contribution in [2.45, 2.75) is 0 Å². The fraction of sp³-hybridized carbons (Fsp3) is 0. The van der Waals surface area contributed by atoms with Gasteiger partial charge in [-0.25, -0.2) is 0 Å². The average Bonchev–Trinajstić information content (AvgIpc) is 2.33. The Morgan fingerprint density at radius 2 is 2.40 bits per heavy atom. The van der Waals surface area contributed by atoms with Gasteiger partial charge in [0.2, 0.25) is 0 Å². The third-order valence-corrected chi connectivity index (χ3v) is 1.12. The number of hydrogen-bond donors (Lipinski definition) is 1. The summed E-state index contributed by atoms with van der Waals surface area (Å²) in [4.78, 5) is 0. The van der Waals surface area contributed by atoms with Crippen LogP contribution in [-0.2, 0) is 0 Å². The molecule has 0 spiro atoms. The molecule has 0 atom stereocenters. The number of aromatic nitrogens is 4. The third kappa shape index (κ3) is 0.930. The molecule has 2 heterocycles. The number of halogens is 1. The van der Waals surface area contributed by atoms with Crippen molar-refractivity contribution in [2.24, 2.45) is 0 Å².